The van der Waals surface area contributed by atoms with Gasteiger partial charge in [-0.1, -0.05) is 36.7 Å². The number of rotatable bonds is 5. The van der Waals surface area contributed by atoms with Crippen molar-refractivity contribution in [2.24, 2.45) is 5.16 Å². The number of esters is 1. The summed E-state index contributed by atoms with van der Waals surface area (Å²) in [6.45, 7) is 2.33. The lowest BCUT2D eigenvalue weighted by atomic mass is 10.0. The zero-order valence-electron chi connectivity index (χ0n) is 10.1. The van der Waals surface area contributed by atoms with Gasteiger partial charge in [0.1, 0.15) is 6.07 Å². The van der Waals surface area contributed by atoms with Crippen molar-refractivity contribution in [3.63, 3.8) is 0 Å². The monoisotopic (exact) mass is 246 g/mol. The van der Waals surface area contributed by atoms with Crippen LogP contribution in [0.3, 0.4) is 0 Å². The van der Waals surface area contributed by atoms with Crippen LogP contribution in [0.1, 0.15) is 35.7 Å². The van der Waals surface area contributed by atoms with Crippen LogP contribution in [0.2, 0.25) is 0 Å². The zero-order chi connectivity index (χ0) is 13.4. The van der Waals surface area contributed by atoms with Crippen LogP contribution in [-0.4, -0.2) is 23.5 Å². The van der Waals surface area contributed by atoms with Crippen LogP contribution in [0.4, 0.5) is 0 Å². The van der Waals surface area contributed by atoms with Gasteiger partial charge in [0.25, 0.3) is 0 Å². The predicted molar refractivity (Wildman–Crippen MR) is 65.6 cm³/mol. The van der Waals surface area contributed by atoms with Gasteiger partial charge in [0, 0.05) is 5.56 Å². The van der Waals surface area contributed by atoms with Crippen molar-refractivity contribution < 1.29 is 14.7 Å². The fourth-order valence-electron chi connectivity index (χ4n) is 1.39. The molecule has 0 heterocycles. The Labute approximate surface area is 105 Å². The second kappa shape index (κ2) is 7.07. The maximum atomic E-state index is 11.8. The molecule has 0 aliphatic rings. The lowest BCUT2D eigenvalue weighted by molar-refractivity contribution is 0.0499. The number of hydrogen-bond acceptors (Lipinski definition) is 5. The molecule has 0 aliphatic heterocycles. The number of nitrogens with zero attached hydrogens (tertiary/aromatic N) is 2. The molecule has 0 bridgehead atoms. The standard InChI is InChI=1S/C13H14N2O3/c1-2-3-8-18-13(16)11-7-5-4-6-10(11)12(9-14)15-17/h4-7,17H,2-3,8H2,1H3. The smallest absolute Gasteiger partial charge is 0.338 e. The van der Waals surface area contributed by atoms with Crippen molar-refractivity contribution in [2.75, 3.05) is 6.61 Å². The summed E-state index contributed by atoms with van der Waals surface area (Å²) in [4.78, 5) is 11.8. The van der Waals surface area contributed by atoms with Gasteiger partial charge in [-0.05, 0) is 12.5 Å². The normalized spacial score (nSPS) is 10.8. The number of oxime groups is 1. The Hall–Kier alpha value is -2.35. The van der Waals surface area contributed by atoms with Gasteiger partial charge < -0.3 is 9.94 Å². The molecule has 1 aromatic carbocycles. The van der Waals surface area contributed by atoms with Gasteiger partial charge in [0.2, 0.25) is 0 Å². The SMILES string of the molecule is CCCCOC(=O)c1ccccc1C(C#N)=NO. The highest BCUT2D eigenvalue weighted by Crippen LogP contribution is 2.12. The maximum Gasteiger partial charge on any atom is 0.338 e. The van der Waals surface area contributed by atoms with Crippen molar-refractivity contribution in [3.8, 4) is 6.07 Å². The third kappa shape index (κ3) is 3.32. The van der Waals surface area contributed by atoms with Crippen LogP contribution in [0.5, 0.6) is 0 Å². The number of benzene rings is 1. The van der Waals surface area contributed by atoms with Crippen LogP contribution in [-0.2, 0) is 4.74 Å². The highest BCUT2D eigenvalue weighted by Gasteiger charge is 2.16. The molecule has 1 N–H and O–H groups in total. The second-order valence-corrected chi connectivity index (χ2v) is 3.60. The van der Waals surface area contributed by atoms with Crippen molar-refractivity contribution in [2.45, 2.75) is 19.8 Å². The number of ether oxygens (including phenoxy) is 1. The van der Waals surface area contributed by atoms with E-state index in [-0.39, 0.29) is 16.8 Å². The summed E-state index contributed by atoms with van der Waals surface area (Å²) < 4.78 is 5.06. The average molecular weight is 246 g/mol. The minimum absolute atomic E-state index is 0.210. The van der Waals surface area contributed by atoms with Crippen LogP contribution in [0.15, 0.2) is 29.4 Å². The summed E-state index contributed by atoms with van der Waals surface area (Å²) in [6, 6.07) is 8.11. The maximum absolute atomic E-state index is 11.8. The molecule has 0 aliphatic carbocycles. The van der Waals surface area contributed by atoms with Gasteiger partial charge >= 0.3 is 5.97 Å². The number of carbonyl (C=O) groups is 1. The minimum atomic E-state index is -0.518. The van der Waals surface area contributed by atoms with E-state index in [1.165, 1.54) is 12.1 Å². The van der Waals surface area contributed by atoms with E-state index in [4.69, 9.17) is 15.2 Å². The molecule has 0 saturated heterocycles. The summed E-state index contributed by atoms with van der Waals surface area (Å²) in [5, 5.41) is 20.4. The Morgan fingerprint density at radius 1 is 1.44 bits per heavy atom. The quantitative estimate of drug-likeness (QED) is 0.284. The molecule has 1 rings (SSSR count). The third-order valence-corrected chi connectivity index (χ3v) is 2.34. The first-order chi connectivity index (χ1) is 8.74. The summed E-state index contributed by atoms with van der Waals surface area (Å²) >= 11 is 0. The highest BCUT2D eigenvalue weighted by atomic mass is 16.5. The van der Waals surface area contributed by atoms with E-state index in [0.29, 0.717) is 6.61 Å². The Bertz CT molecular complexity index is 489. The topological polar surface area (TPSA) is 82.7 Å². The molecule has 0 fully saturated rings. The van der Waals surface area contributed by atoms with E-state index >= 15 is 0 Å². The first kappa shape index (κ1) is 13.7. The molecular formula is C13H14N2O3. The Morgan fingerprint density at radius 2 is 2.11 bits per heavy atom. The summed E-state index contributed by atoms with van der Waals surface area (Å²) in [5.41, 5.74) is 0.282. The van der Waals surface area contributed by atoms with Gasteiger partial charge in [-0.15, -0.1) is 0 Å². The van der Waals surface area contributed by atoms with E-state index in [9.17, 15) is 4.79 Å². The first-order valence-electron chi connectivity index (χ1n) is 5.63. The van der Waals surface area contributed by atoms with Crippen molar-refractivity contribution in [1.82, 2.24) is 0 Å². The predicted octanol–water partition coefficient (Wildman–Crippen LogP) is 2.35. The summed E-state index contributed by atoms with van der Waals surface area (Å²) in [7, 11) is 0. The molecule has 5 nitrogen and oxygen atoms in total. The van der Waals surface area contributed by atoms with Crippen molar-refractivity contribution >= 4 is 11.7 Å². The van der Waals surface area contributed by atoms with E-state index < -0.39 is 5.97 Å². The lowest BCUT2D eigenvalue weighted by Gasteiger charge is -2.07. The molecule has 0 spiro atoms. The van der Waals surface area contributed by atoms with Gasteiger partial charge in [-0.25, -0.2) is 4.79 Å². The molecule has 0 amide bonds. The van der Waals surface area contributed by atoms with Crippen LogP contribution in [0.25, 0.3) is 0 Å². The lowest BCUT2D eigenvalue weighted by Crippen LogP contribution is -2.12. The van der Waals surface area contributed by atoms with Crippen molar-refractivity contribution in [1.29, 1.82) is 5.26 Å². The molecular weight excluding hydrogens is 232 g/mol. The number of unbranched alkanes of at least 4 members (excludes halogenated alkanes) is 1. The molecule has 0 atom stereocenters. The number of nitriles is 1. The fraction of sp³-hybridized carbons (Fsp3) is 0.308. The number of hydrogen-bond donors (Lipinski definition) is 1. The van der Waals surface area contributed by atoms with Gasteiger partial charge in [0.15, 0.2) is 5.71 Å². The average Bonchev–Trinajstić information content (AvgIpc) is 2.41. The molecule has 0 saturated carbocycles. The Kier molecular flexibility index (Phi) is 5.39. The van der Waals surface area contributed by atoms with E-state index in [1.807, 2.05) is 6.92 Å². The van der Waals surface area contributed by atoms with Gasteiger partial charge in [-0.3, -0.25) is 0 Å². The largest absolute Gasteiger partial charge is 0.462 e. The fourth-order valence-corrected chi connectivity index (χ4v) is 1.39. The molecule has 0 unspecified atom stereocenters. The minimum Gasteiger partial charge on any atom is -0.462 e. The highest BCUT2D eigenvalue weighted by molar-refractivity contribution is 6.16. The Morgan fingerprint density at radius 3 is 2.67 bits per heavy atom. The molecule has 5 heteroatoms. The molecule has 0 aromatic heterocycles. The van der Waals surface area contributed by atoms with Gasteiger partial charge in [0.05, 0.1) is 12.2 Å². The number of carbonyl (C=O) groups excluding carboxylic acids is 1. The molecule has 94 valence electrons. The van der Waals surface area contributed by atoms with Crippen LogP contribution < -0.4 is 0 Å². The second-order valence-electron chi connectivity index (χ2n) is 3.60. The Balaban J connectivity index is 2.96. The van der Waals surface area contributed by atoms with E-state index in [0.717, 1.165) is 12.8 Å². The van der Waals surface area contributed by atoms with Crippen LogP contribution >= 0.6 is 0 Å². The summed E-state index contributed by atoms with van der Waals surface area (Å²) in [6.07, 6.45) is 1.71. The van der Waals surface area contributed by atoms with Crippen molar-refractivity contribution in [3.05, 3.63) is 35.4 Å². The first-order valence-corrected chi connectivity index (χ1v) is 5.63. The van der Waals surface area contributed by atoms with Gasteiger partial charge in [-0.2, -0.15) is 5.26 Å². The van der Waals surface area contributed by atoms with E-state index in [1.54, 1.807) is 18.2 Å². The molecule has 18 heavy (non-hydrogen) atoms. The van der Waals surface area contributed by atoms with E-state index in [2.05, 4.69) is 5.16 Å². The molecule has 1 aromatic rings. The van der Waals surface area contributed by atoms with Crippen LogP contribution in [0, 0.1) is 11.3 Å². The third-order valence-electron chi connectivity index (χ3n) is 2.34. The summed E-state index contributed by atoms with van der Waals surface area (Å²) in [5.74, 6) is -0.518. The molecule has 0 radical (unpaired) electrons. The zero-order valence-corrected chi connectivity index (χ0v) is 10.1.